The number of allylic oxidation sites excluding steroid dienone is 3. The molecule has 2 aromatic carbocycles. The van der Waals surface area contributed by atoms with E-state index in [2.05, 4.69) is 37.3 Å². The van der Waals surface area contributed by atoms with Gasteiger partial charge in [0.25, 0.3) is 0 Å². The molecular formula is C17H14O. The van der Waals surface area contributed by atoms with Crippen LogP contribution in [0.25, 0.3) is 11.3 Å². The van der Waals surface area contributed by atoms with E-state index in [0.29, 0.717) is 0 Å². The minimum atomic E-state index is 0.905. The van der Waals surface area contributed by atoms with Crippen LogP contribution in [0.5, 0.6) is 5.75 Å². The lowest BCUT2D eigenvalue weighted by molar-refractivity contribution is 0.509. The van der Waals surface area contributed by atoms with E-state index in [9.17, 15) is 0 Å². The molecule has 0 fully saturated rings. The second-order valence-corrected chi connectivity index (χ2v) is 4.22. The zero-order valence-corrected chi connectivity index (χ0v) is 10.3. The highest BCUT2D eigenvalue weighted by molar-refractivity contribution is 5.87. The molecule has 1 heteroatoms. The number of hydrogen-bond acceptors (Lipinski definition) is 1. The molecule has 1 nitrogen and oxygen atoms in total. The van der Waals surface area contributed by atoms with Crippen LogP contribution in [0.4, 0.5) is 0 Å². The van der Waals surface area contributed by atoms with Gasteiger partial charge in [-0.05, 0) is 24.6 Å². The molecule has 2 aromatic rings. The van der Waals surface area contributed by atoms with Crippen molar-refractivity contribution in [3.63, 3.8) is 0 Å². The van der Waals surface area contributed by atoms with E-state index >= 15 is 0 Å². The second kappa shape index (κ2) is 4.53. The van der Waals surface area contributed by atoms with E-state index in [-0.39, 0.29) is 0 Å². The van der Waals surface area contributed by atoms with Crippen molar-refractivity contribution in [2.75, 3.05) is 0 Å². The highest BCUT2D eigenvalue weighted by Crippen LogP contribution is 2.36. The maximum atomic E-state index is 5.97. The Hall–Kier alpha value is -2.28. The Morgan fingerprint density at radius 2 is 1.61 bits per heavy atom. The summed E-state index contributed by atoms with van der Waals surface area (Å²) in [6.45, 7) is 2.05. The maximum absolute atomic E-state index is 5.97. The molecule has 1 aliphatic rings. The van der Waals surface area contributed by atoms with Crippen molar-refractivity contribution in [3.05, 3.63) is 77.9 Å². The van der Waals surface area contributed by atoms with E-state index in [0.717, 1.165) is 22.6 Å². The fourth-order valence-corrected chi connectivity index (χ4v) is 2.14. The molecule has 1 aliphatic heterocycles. The van der Waals surface area contributed by atoms with E-state index in [1.165, 1.54) is 5.57 Å². The Morgan fingerprint density at radius 3 is 2.39 bits per heavy atom. The van der Waals surface area contributed by atoms with E-state index in [4.69, 9.17) is 4.74 Å². The highest BCUT2D eigenvalue weighted by Gasteiger charge is 2.16. The summed E-state index contributed by atoms with van der Waals surface area (Å²) >= 11 is 0. The Bertz CT molecular complexity index is 621. The molecule has 0 aromatic heterocycles. The predicted molar refractivity (Wildman–Crippen MR) is 75.1 cm³/mol. The van der Waals surface area contributed by atoms with Gasteiger partial charge in [0, 0.05) is 11.1 Å². The number of hydrogen-bond donors (Lipinski definition) is 0. The van der Waals surface area contributed by atoms with Crippen molar-refractivity contribution >= 4 is 11.3 Å². The Kier molecular flexibility index (Phi) is 2.73. The van der Waals surface area contributed by atoms with Crippen LogP contribution in [0.3, 0.4) is 0 Å². The monoisotopic (exact) mass is 234 g/mol. The van der Waals surface area contributed by atoms with E-state index in [1.54, 1.807) is 0 Å². The van der Waals surface area contributed by atoms with Gasteiger partial charge in [0.15, 0.2) is 0 Å². The van der Waals surface area contributed by atoms with Gasteiger partial charge < -0.3 is 4.74 Å². The molecule has 3 rings (SSSR count). The fraction of sp³-hybridized carbons (Fsp3) is 0.0588. The molecule has 0 bridgehead atoms. The third-order valence-electron chi connectivity index (χ3n) is 3.07. The lowest BCUT2D eigenvalue weighted by atomic mass is 9.99. The third kappa shape index (κ3) is 1.84. The molecule has 0 saturated heterocycles. The smallest absolute Gasteiger partial charge is 0.135 e. The standard InChI is InChI=1S/C17H14O/c1-2-13-12-17(14-8-4-3-5-9-14)18-16-11-7-6-10-15(13)16/h2-12H,1H3/b13-2-. The molecule has 18 heavy (non-hydrogen) atoms. The zero-order chi connectivity index (χ0) is 12.4. The molecule has 0 N–H and O–H groups in total. The van der Waals surface area contributed by atoms with Crippen LogP contribution >= 0.6 is 0 Å². The first-order valence-corrected chi connectivity index (χ1v) is 6.09. The summed E-state index contributed by atoms with van der Waals surface area (Å²) in [6, 6.07) is 18.3. The van der Waals surface area contributed by atoms with Crippen LogP contribution in [-0.4, -0.2) is 0 Å². The van der Waals surface area contributed by atoms with Gasteiger partial charge in [-0.2, -0.15) is 0 Å². The largest absolute Gasteiger partial charge is 0.456 e. The molecule has 0 saturated carbocycles. The molecular weight excluding hydrogens is 220 g/mol. The van der Waals surface area contributed by atoms with Gasteiger partial charge >= 0.3 is 0 Å². The molecule has 0 unspecified atom stereocenters. The fourth-order valence-electron chi connectivity index (χ4n) is 2.14. The van der Waals surface area contributed by atoms with Crippen LogP contribution in [0.15, 0.2) is 66.7 Å². The van der Waals surface area contributed by atoms with Gasteiger partial charge in [0.1, 0.15) is 11.5 Å². The van der Waals surface area contributed by atoms with Gasteiger partial charge in [0.2, 0.25) is 0 Å². The lowest BCUT2D eigenvalue weighted by Crippen LogP contribution is -2.03. The minimum Gasteiger partial charge on any atom is -0.456 e. The van der Waals surface area contributed by atoms with Gasteiger partial charge in [0.05, 0.1) is 0 Å². The maximum Gasteiger partial charge on any atom is 0.135 e. The summed E-state index contributed by atoms with van der Waals surface area (Å²) in [5.74, 6) is 1.83. The van der Waals surface area contributed by atoms with Crippen molar-refractivity contribution in [3.8, 4) is 5.75 Å². The lowest BCUT2D eigenvalue weighted by Gasteiger charge is -2.20. The van der Waals surface area contributed by atoms with Crippen molar-refractivity contribution in [2.24, 2.45) is 0 Å². The van der Waals surface area contributed by atoms with Crippen LogP contribution in [0.2, 0.25) is 0 Å². The molecule has 0 aliphatic carbocycles. The third-order valence-corrected chi connectivity index (χ3v) is 3.07. The molecule has 1 heterocycles. The SMILES string of the molecule is C/C=C1/C=C(c2ccccc2)Oc2ccccc21. The van der Waals surface area contributed by atoms with Crippen molar-refractivity contribution in [1.29, 1.82) is 0 Å². The van der Waals surface area contributed by atoms with Crippen molar-refractivity contribution in [1.82, 2.24) is 0 Å². The quantitative estimate of drug-likeness (QED) is 0.704. The molecule has 0 atom stereocenters. The summed E-state index contributed by atoms with van der Waals surface area (Å²) in [5, 5.41) is 0. The first-order valence-electron chi connectivity index (χ1n) is 6.09. The number of fused-ring (bicyclic) bond motifs is 1. The average molecular weight is 234 g/mol. The summed E-state index contributed by atoms with van der Waals surface area (Å²) in [5.41, 5.74) is 3.46. The van der Waals surface area contributed by atoms with E-state index in [1.807, 2.05) is 36.4 Å². The molecule has 88 valence electrons. The first-order chi connectivity index (χ1) is 8.88. The van der Waals surface area contributed by atoms with Gasteiger partial charge in [-0.15, -0.1) is 0 Å². The van der Waals surface area contributed by atoms with Gasteiger partial charge in [-0.3, -0.25) is 0 Å². The number of ether oxygens (including phenoxy) is 1. The molecule has 0 spiro atoms. The topological polar surface area (TPSA) is 9.23 Å². The second-order valence-electron chi connectivity index (χ2n) is 4.22. The molecule has 0 radical (unpaired) electrons. The molecule has 0 amide bonds. The minimum absolute atomic E-state index is 0.905. The summed E-state index contributed by atoms with van der Waals surface area (Å²) in [7, 11) is 0. The highest BCUT2D eigenvalue weighted by atomic mass is 16.5. The Labute approximate surface area is 107 Å². The van der Waals surface area contributed by atoms with Crippen molar-refractivity contribution < 1.29 is 4.74 Å². The average Bonchev–Trinajstić information content (AvgIpc) is 2.47. The summed E-state index contributed by atoms with van der Waals surface area (Å²) in [4.78, 5) is 0. The van der Waals surface area contributed by atoms with Crippen LogP contribution in [-0.2, 0) is 0 Å². The Balaban J connectivity index is 2.09. The number of benzene rings is 2. The Morgan fingerprint density at radius 1 is 0.889 bits per heavy atom. The van der Waals surface area contributed by atoms with Crippen molar-refractivity contribution in [2.45, 2.75) is 6.92 Å². The van der Waals surface area contributed by atoms with E-state index < -0.39 is 0 Å². The number of rotatable bonds is 1. The van der Waals surface area contributed by atoms with Crippen LogP contribution in [0.1, 0.15) is 18.1 Å². The first kappa shape index (κ1) is 10.8. The number of para-hydroxylation sites is 1. The predicted octanol–water partition coefficient (Wildman–Crippen LogP) is 4.52. The summed E-state index contributed by atoms with van der Waals surface area (Å²) in [6.07, 6.45) is 4.21. The van der Waals surface area contributed by atoms with Gasteiger partial charge in [-0.25, -0.2) is 0 Å². The van der Waals surface area contributed by atoms with Crippen LogP contribution in [0, 0.1) is 0 Å². The summed E-state index contributed by atoms with van der Waals surface area (Å²) < 4.78 is 5.97. The normalized spacial score (nSPS) is 15.8. The zero-order valence-electron chi connectivity index (χ0n) is 10.3. The van der Waals surface area contributed by atoms with Crippen LogP contribution < -0.4 is 4.74 Å². The van der Waals surface area contributed by atoms with Gasteiger partial charge in [-0.1, -0.05) is 54.6 Å².